The average molecular weight is 401 g/mol. The molecule has 1 amide bonds. The molecule has 0 aliphatic carbocycles. The molecule has 2 aromatic rings. The number of aromatic nitrogens is 2. The number of amides is 1. The third-order valence-corrected chi connectivity index (χ3v) is 5.70. The van der Waals surface area contributed by atoms with E-state index in [0.717, 1.165) is 54.9 Å². The second-order valence-electron chi connectivity index (χ2n) is 7.21. The maximum atomic E-state index is 12.7. The van der Waals surface area contributed by atoms with E-state index in [-0.39, 0.29) is 11.8 Å². The fourth-order valence-corrected chi connectivity index (χ4v) is 3.84. The Bertz CT molecular complexity index is 882. The first-order chi connectivity index (χ1) is 13.4. The first-order valence-corrected chi connectivity index (χ1v) is 10.3. The summed E-state index contributed by atoms with van der Waals surface area (Å²) in [6.45, 7) is 10.8. The van der Waals surface area contributed by atoms with Crippen molar-refractivity contribution >= 4 is 34.3 Å². The van der Waals surface area contributed by atoms with Crippen molar-refractivity contribution in [3.63, 3.8) is 0 Å². The van der Waals surface area contributed by atoms with Gasteiger partial charge in [-0.25, -0.2) is 9.97 Å². The largest absolute Gasteiger partial charge is 0.432 e. The summed E-state index contributed by atoms with van der Waals surface area (Å²) in [5.41, 5.74) is 3.45. The van der Waals surface area contributed by atoms with Crippen LogP contribution in [0.2, 0.25) is 0 Å². The van der Waals surface area contributed by atoms with Gasteiger partial charge in [0.05, 0.1) is 28.3 Å². The lowest BCUT2D eigenvalue weighted by Crippen LogP contribution is -2.47. The van der Waals surface area contributed by atoms with Crippen molar-refractivity contribution < 1.29 is 9.53 Å². The number of hydrogen-bond acceptors (Lipinski definition) is 5. The molecule has 6 nitrogen and oxygen atoms in total. The van der Waals surface area contributed by atoms with E-state index in [1.165, 1.54) is 0 Å². The lowest BCUT2D eigenvalue weighted by molar-refractivity contribution is -0.136. The summed E-state index contributed by atoms with van der Waals surface area (Å²) >= 11 is 5.53. The van der Waals surface area contributed by atoms with E-state index < -0.39 is 0 Å². The van der Waals surface area contributed by atoms with Gasteiger partial charge in [-0.05, 0) is 64.9 Å². The van der Waals surface area contributed by atoms with Crippen LogP contribution >= 0.6 is 12.2 Å². The van der Waals surface area contributed by atoms with Crippen LogP contribution in [0.3, 0.4) is 0 Å². The summed E-state index contributed by atoms with van der Waals surface area (Å²) in [5.74, 6) is 0.833. The van der Waals surface area contributed by atoms with Crippen molar-refractivity contribution in [2.24, 2.45) is 5.92 Å². The molecule has 150 valence electrons. The van der Waals surface area contributed by atoms with Gasteiger partial charge in [-0.15, -0.1) is 0 Å². The summed E-state index contributed by atoms with van der Waals surface area (Å²) in [6.07, 6.45) is 1.83. The highest BCUT2D eigenvalue weighted by Gasteiger charge is 2.30. The predicted octanol–water partition coefficient (Wildman–Crippen LogP) is 3.49. The zero-order valence-corrected chi connectivity index (χ0v) is 17.9. The second-order valence-corrected chi connectivity index (χ2v) is 7.56. The van der Waals surface area contributed by atoms with E-state index in [4.69, 9.17) is 17.0 Å². The van der Waals surface area contributed by atoms with Crippen molar-refractivity contribution in [2.75, 3.05) is 26.2 Å². The summed E-state index contributed by atoms with van der Waals surface area (Å²) in [6, 6.07) is 5.62. The third kappa shape index (κ3) is 4.41. The van der Waals surface area contributed by atoms with Crippen LogP contribution in [-0.4, -0.2) is 57.0 Å². The van der Waals surface area contributed by atoms with Gasteiger partial charge < -0.3 is 14.5 Å². The fourth-order valence-electron chi connectivity index (χ4n) is 3.58. The maximum Gasteiger partial charge on any atom is 0.264 e. The summed E-state index contributed by atoms with van der Waals surface area (Å²) < 4.78 is 5.94. The Morgan fingerprint density at radius 2 is 1.89 bits per heavy atom. The van der Waals surface area contributed by atoms with Gasteiger partial charge in [-0.1, -0.05) is 0 Å². The molecule has 1 aromatic heterocycles. The number of aryl methyl sites for hydroxylation is 2. The molecule has 3 rings (SSSR count). The van der Waals surface area contributed by atoms with Gasteiger partial charge in [-0.3, -0.25) is 4.79 Å². The van der Waals surface area contributed by atoms with Gasteiger partial charge in [0.1, 0.15) is 5.75 Å². The van der Waals surface area contributed by atoms with E-state index in [0.29, 0.717) is 17.5 Å². The van der Waals surface area contributed by atoms with Gasteiger partial charge in [0.25, 0.3) is 5.17 Å². The predicted molar refractivity (Wildman–Crippen MR) is 114 cm³/mol. The van der Waals surface area contributed by atoms with Crippen LogP contribution < -0.4 is 4.74 Å². The van der Waals surface area contributed by atoms with Crippen molar-refractivity contribution in [3.8, 4) is 5.75 Å². The molecule has 0 radical (unpaired) electrons. The molecular formula is C21H28N4O2S. The molecule has 0 unspecified atom stereocenters. The number of benzene rings is 1. The first-order valence-electron chi connectivity index (χ1n) is 9.93. The monoisotopic (exact) mass is 400 g/mol. The van der Waals surface area contributed by atoms with Gasteiger partial charge in [0.2, 0.25) is 5.91 Å². The van der Waals surface area contributed by atoms with Gasteiger partial charge in [0, 0.05) is 32.2 Å². The van der Waals surface area contributed by atoms with Crippen molar-refractivity contribution in [3.05, 3.63) is 29.6 Å². The fraction of sp³-hybridized carbons (Fsp3) is 0.524. The summed E-state index contributed by atoms with van der Waals surface area (Å²) in [4.78, 5) is 25.7. The minimum atomic E-state index is -0.0247. The second kappa shape index (κ2) is 8.82. The molecule has 1 aromatic carbocycles. The Morgan fingerprint density at radius 1 is 1.21 bits per heavy atom. The minimum Gasteiger partial charge on any atom is -0.432 e. The van der Waals surface area contributed by atoms with Gasteiger partial charge in [0.15, 0.2) is 0 Å². The maximum absolute atomic E-state index is 12.7. The van der Waals surface area contributed by atoms with Crippen LogP contribution in [0.4, 0.5) is 0 Å². The number of carbonyl (C=O) groups excluding carboxylic acids is 1. The highest BCUT2D eigenvalue weighted by atomic mass is 32.1. The zero-order chi connectivity index (χ0) is 20.3. The Balaban J connectivity index is 1.69. The lowest BCUT2D eigenvalue weighted by Gasteiger charge is -2.35. The number of rotatable bonds is 4. The number of nitrogens with zero attached hydrogens (tertiary/aromatic N) is 4. The molecule has 28 heavy (non-hydrogen) atoms. The topological polar surface area (TPSA) is 58.6 Å². The molecule has 2 heterocycles. The Morgan fingerprint density at radius 3 is 2.57 bits per heavy atom. The zero-order valence-electron chi connectivity index (χ0n) is 17.1. The number of carbonyl (C=O) groups is 1. The molecule has 7 heteroatoms. The molecule has 1 atom stereocenters. The molecule has 0 bridgehead atoms. The normalized spacial score (nSPS) is 16.9. The Hall–Kier alpha value is -2.28. The molecule has 1 aliphatic rings. The number of likely N-dealkylation sites (tertiary alicyclic amines) is 1. The highest BCUT2D eigenvalue weighted by molar-refractivity contribution is 7.80. The van der Waals surface area contributed by atoms with E-state index in [9.17, 15) is 4.79 Å². The quantitative estimate of drug-likeness (QED) is 0.732. The average Bonchev–Trinajstić information content (AvgIpc) is 2.70. The van der Waals surface area contributed by atoms with E-state index in [2.05, 4.69) is 9.97 Å². The first kappa shape index (κ1) is 20.5. The van der Waals surface area contributed by atoms with Gasteiger partial charge in [-0.2, -0.15) is 0 Å². The molecule has 0 saturated carbocycles. The van der Waals surface area contributed by atoms with Crippen LogP contribution in [0.5, 0.6) is 5.75 Å². The number of hydrogen-bond donors (Lipinski definition) is 0. The summed E-state index contributed by atoms with van der Waals surface area (Å²) in [5, 5.41) is 0.410. The molecule has 0 spiro atoms. The molecule has 1 aliphatic heterocycles. The van der Waals surface area contributed by atoms with Crippen LogP contribution in [-0.2, 0) is 4.79 Å². The molecular weight excluding hydrogens is 372 g/mol. The van der Waals surface area contributed by atoms with Crippen molar-refractivity contribution in [1.29, 1.82) is 0 Å². The smallest absolute Gasteiger partial charge is 0.264 e. The van der Waals surface area contributed by atoms with Crippen LogP contribution in [0.15, 0.2) is 18.2 Å². The standard InChI is InChI=1S/C21H28N4O2S/c1-5-24(6-2)20(26)16-8-7-11-25(13-16)21(28)27-17-9-10-18-19(12-17)23-15(4)14(3)22-18/h9-10,12,16H,5-8,11,13H2,1-4H3/t16-/m1/s1. The molecule has 1 saturated heterocycles. The van der Waals surface area contributed by atoms with Crippen LogP contribution in [0.25, 0.3) is 11.0 Å². The number of piperidine rings is 1. The van der Waals surface area contributed by atoms with Crippen molar-refractivity contribution in [1.82, 2.24) is 19.8 Å². The number of thiocarbonyl (C=S) groups is 1. The lowest BCUT2D eigenvalue weighted by atomic mass is 9.97. The van der Waals surface area contributed by atoms with E-state index >= 15 is 0 Å². The Kier molecular flexibility index (Phi) is 6.44. The van der Waals surface area contributed by atoms with Gasteiger partial charge >= 0.3 is 0 Å². The van der Waals surface area contributed by atoms with Crippen LogP contribution in [0.1, 0.15) is 38.1 Å². The van der Waals surface area contributed by atoms with Crippen LogP contribution in [0, 0.1) is 19.8 Å². The minimum absolute atomic E-state index is 0.0247. The SMILES string of the molecule is CCN(CC)C(=O)[C@@H]1CCCN(C(=S)Oc2ccc3nc(C)c(C)nc3c2)C1. The molecule has 0 N–H and O–H groups in total. The highest BCUT2D eigenvalue weighted by Crippen LogP contribution is 2.23. The third-order valence-electron chi connectivity index (χ3n) is 5.36. The molecule has 1 fully saturated rings. The Labute approximate surface area is 171 Å². The van der Waals surface area contributed by atoms with Crippen molar-refractivity contribution in [2.45, 2.75) is 40.5 Å². The number of fused-ring (bicyclic) bond motifs is 1. The summed E-state index contributed by atoms with van der Waals surface area (Å²) in [7, 11) is 0. The van der Waals surface area contributed by atoms with E-state index in [1.54, 1.807) is 0 Å². The number of ether oxygens (including phenoxy) is 1. The van der Waals surface area contributed by atoms with E-state index in [1.807, 2.05) is 55.7 Å².